The third-order valence-electron chi connectivity index (χ3n) is 8.43. The molecule has 0 aromatic carbocycles. The molecule has 0 rings (SSSR count). The number of rotatable bonds is 28. The first kappa shape index (κ1) is 33.4. The predicted molar refractivity (Wildman–Crippen MR) is 161 cm³/mol. The summed E-state index contributed by atoms with van der Waals surface area (Å²) in [6, 6.07) is 0. The van der Waals surface area contributed by atoms with E-state index in [1.54, 1.807) is 43.9 Å². The minimum absolute atomic E-state index is 1.01. The van der Waals surface area contributed by atoms with Gasteiger partial charge in [-0.1, -0.05) is 0 Å². The van der Waals surface area contributed by atoms with Gasteiger partial charge in [-0.05, 0) is 0 Å². The van der Waals surface area contributed by atoms with Crippen LogP contribution in [-0.2, 0) is 0 Å². The van der Waals surface area contributed by atoms with Gasteiger partial charge in [0.15, 0.2) is 0 Å². The second-order valence-corrected chi connectivity index (χ2v) is 16.7. The molecule has 0 atom stereocenters. The molecule has 0 bridgehead atoms. The molecule has 0 radical (unpaired) electrons. The fourth-order valence-corrected chi connectivity index (χ4v) is 10.6. The van der Waals surface area contributed by atoms with Crippen LogP contribution in [-0.4, -0.2) is 24.6 Å². The van der Waals surface area contributed by atoms with E-state index < -0.39 is 7.26 Å². The van der Waals surface area contributed by atoms with E-state index in [9.17, 15) is 0 Å². The fraction of sp³-hybridized carbons (Fsp3) is 1.00. The van der Waals surface area contributed by atoms with Crippen LogP contribution in [0, 0.1) is 0 Å². The third kappa shape index (κ3) is 22.6. The Morgan fingerprint density at radius 2 is 0.485 bits per heavy atom. The summed E-state index contributed by atoms with van der Waals surface area (Å²) in [5, 5.41) is 0. The maximum atomic E-state index is 2.58. The normalized spacial score (nSPS) is 12.5. The van der Waals surface area contributed by atoms with E-state index in [1.165, 1.54) is 135 Å². The molecule has 33 heavy (non-hydrogen) atoms. The number of hydrogen-bond acceptors (Lipinski definition) is 0. The Morgan fingerprint density at radius 1 is 0.273 bits per heavy atom. The Hall–Kier alpha value is 0.430. The summed E-state index contributed by atoms with van der Waals surface area (Å²) >= 11 is 0. The topological polar surface area (TPSA) is 0 Å². The second kappa shape index (κ2) is 27.0. The molecule has 0 aromatic rings. The molecular formula is C32H69P. The molecule has 0 unspecified atom stereocenters. The van der Waals surface area contributed by atoms with Crippen molar-refractivity contribution >= 4 is 7.26 Å². The average molecular weight is 485 g/mol. The van der Waals surface area contributed by atoms with Crippen molar-refractivity contribution < 1.29 is 0 Å². The molecule has 0 aliphatic heterocycles. The van der Waals surface area contributed by atoms with Gasteiger partial charge in [0.1, 0.15) is 0 Å². The number of unbranched alkanes of at least 4 members (excludes halogenated alkanes) is 21. The van der Waals surface area contributed by atoms with Crippen LogP contribution >= 0.6 is 7.26 Å². The molecule has 202 valence electrons. The van der Waals surface area contributed by atoms with Crippen molar-refractivity contribution in [1.82, 2.24) is 0 Å². The van der Waals surface area contributed by atoms with Gasteiger partial charge in [0.25, 0.3) is 0 Å². The summed E-state index contributed by atoms with van der Waals surface area (Å²) in [5.41, 5.74) is 0. The first-order valence-electron chi connectivity index (χ1n) is 16.2. The Kier molecular flexibility index (Phi) is 27.4. The second-order valence-electron chi connectivity index (χ2n) is 11.5. The van der Waals surface area contributed by atoms with E-state index in [-0.39, 0.29) is 0 Å². The zero-order valence-corrected chi connectivity index (χ0v) is 25.3. The zero-order valence-electron chi connectivity index (χ0n) is 24.3. The predicted octanol–water partition coefficient (Wildman–Crippen LogP) is 12.2. The molecule has 0 aromatic heterocycles. The van der Waals surface area contributed by atoms with Crippen molar-refractivity contribution in [3.63, 3.8) is 0 Å². The van der Waals surface area contributed by atoms with Gasteiger partial charge < -0.3 is 0 Å². The van der Waals surface area contributed by atoms with E-state index in [0.717, 1.165) is 0 Å². The van der Waals surface area contributed by atoms with Crippen molar-refractivity contribution in [2.24, 2.45) is 0 Å². The molecule has 0 amide bonds. The fourth-order valence-electron chi connectivity index (χ4n) is 5.81. The van der Waals surface area contributed by atoms with Crippen LogP contribution in [0.5, 0.6) is 0 Å². The van der Waals surface area contributed by atoms with Gasteiger partial charge in [0, 0.05) is 0 Å². The summed E-state index contributed by atoms with van der Waals surface area (Å²) < 4.78 is 0. The van der Waals surface area contributed by atoms with Gasteiger partial charge in [-0.15, -0.1) is 0 Å². The first-order valence-corrected chi connectivity index (χ1v) is 19.1. The van der Waals surface area contributed by atoms with Gasteiger partial charge in [-0.2, -0.15) is 0 Å². The SMILES string of the molecule is CCCCCCCCCC[PH](CC)(CCCCCCCCCC)CCCCCCCCCC. The van der Waals surface area contributed by atoms with Crippen LogP contribution in [0.4, 0.5) is 0 Å². The van der Waals surface area contributed by atoms with Crippen LogP contribution in [0.25, 0.3) is 0 Å². The Morgan fingerprint density at radius 3 is 0.697 bits per heavy atom. The average Bonchev–Trinajstić information content (AvgIpc) is 2.83. The standard InChI is InChI=1S/C32H69P/c1-5-9-12-15-18-21-24-27-30-33(8-4,31-28-25-22-19-16-13-10-6-2)32-29-26-23-20-17-14-11-7-3/h33H,5-32H2,1-4H3. The minimum atomic E-state index is -1.01. The molecule has 0 saturated heterocycles. The molecule has 0 aliphatic carbocycles. The van der Waals surface area contributed by atoms with Crippen molar-refractivity contribution in [1.29, 1.82) is 0 Å². The van der Waals surface area contributed by atoms with E-state index >= 15 is 0 Å². The quantitative estimate of drug-likeness (QED) is 0.0764. The molecule has 0 heterocycles. The zero-order chi connectivity index (χ0) is 24.3. The summed E-state index contributed by atoms with van der Waals surface area (Å²) in [6.45, 7) is 9.56. The molecule has 1 heteroatoms. The van der Waals surface area contributed by atoms with Crippen LogP contribution < -0.4 is 0 Å². The van der Waals surface area contributed by atoms with Crippen molar-refractivity contribution in [2.75, 3.05) is 24.6 Å². The van der Waals surface area contributed by atoms with E-state index in [2.05, 4.69) is 27.7 Å². The van der Waals surface area contributed by atoms with Gasteiger partial charge >= 0.3 is 214 Å². The summed E-state index contributed by atoms with van der Waals surface area (Å²) in [4.78, 5) is 0. The molecule has 0 nitrogen and oxygen atoms in total. The third-order valence-corrected chi connectivity index (χ3v) is 14.2. The van der Waals surface area contributed by atoms with E-state index in [1.807, 2.05) is 0 Å². The van der Waals surface area contributed by atoms with E-state index in [4.69, 9.17) is 0 Å². The number of hydrogen-bond donors (Lipinski definition) is 0. The summed E-state index contributed by atoms with van der Waals surface area (Å²) in [5.74, 6) is 0. The molecular weight excluding hydrogens is 415 g/mol. The Labute approximate surface area is 213 Å². The van der Waals surface area contributed by atoms with Gasteiger partial charge in [-0.25, -0.2) is 0 Å². The maximum absolute atomic E-state index is 2.58. The summed E-state index contributed by atoms with van der Waals surface area (Å²) in [7, 11) is -1.01. The molecule has 0 fully saturated rings. The molecule has 0 N–H and O–H groups in total. The molecule has 0 saturated carbocycles. The summed E-state index contributed by atoms with van der Waals surface area (Å²) in [6.07, 6.45) is 42.1. The Balaban J connectivity index is 4.23. The molecule has 0 spiro atoms. The van der Waals surface area contributed by atoms with Crippen LogP contribution in [0.3, 0.4) is 0 Å². The van der Waals surface area contributed by atoms with Crippen molar-refractivity contribution in [2.45, 2.75) is 182 Å². The van der Waals surface area contributed by atoms with Gasteiger partial charge in [0.2, 0.25) is 0 Å². The van der Waals surface area contributed by atoms with Crippen LogP contribution in [0.2, 0.25) is 0 Å². The van der Waals surface area contributed by atoms with Crippen molar-refractivity contribution in [3.8, 4) is 0 Å². The van der Waals surface area contributed by atoms with Crippen LogP contribution in [0.15, 0.2) is 0 Å². The molecule has 0 aliphatic rings. The monoisotopic (exact) mass is 485 g/mol. The van der Waals surface area contributed by atoms with E-state index in [0.29, 0.717) is 0 Å². The van der Waals surface area contributed by atoms with Crippen molar-refractivity contribution in [3.05, 3.63) is 0 Å². The van der Waals surface area contributed by atoms with Gasteiger partial charge in [-0.3, -0.25) is 0 Å². The van der Waals surface area contributed by atoms with Crippen LogP contribution in [0.1, 0.15) is 182 Å². The van der Waals surface area contributed by atoms with Gasteiger partial charge in [0.05, 0.1) is 0 Å². The Bertz CT molecular complexity index is 300. The first-order chi connectivity index (χ1) is 16.2.